The van der Waals surface area contributed by atoms with E-state index in [0.717, 1.165) is 19.0 Å². The molecule has 1 aliphatic rings. The van der Waals surface area contributed by atoms with E-state index in [4.69, 9.17) is 18.0 Å². The molecule has 5 nitrogen and oxygen atoms in total. The first-order chi connectivity index (χ1) is 8.47. The molecule has 0 N–H and O–H groups in total. The van der Waals surface area contributed by atoms with Crippen molar-refractivity contribution in [2.24, 2.45) is 0 Å². The fourth-order valence-electron chi connectivity index (χ4n) is 2.04. The number of hydrogen-bond acceptors (Lipinski definition) is 5. The third-order valence-electron chi connectivity index (χ3n) is 2.87. The van der Waals surface area contributed by atoms with Crippen LogP contribution in [0, 0.1) is 0 Å². The van der Waals surface area contributed by atoms with E-state index in [1.165, 1.54) is 0 Å². The fourth-order valence-corrected chi connectivity index (χ4v) is 4.68. The second-order valence-corrected chi connectivity index (χ2v) is 7.93. The molecule has 18 heavy (non-hydrogen) atoms. The van der Waals surface area contributed by atoms with Gasteiger partial charge in [-0.2, -0.15) is 0 Å². The molecule has 1 fully saturated rings. The maximum absolute atomic E-state index is 6.03. The van der Waals surface area contributed by atoms with E-state index in [-0.39, 0.29) is 12.2 Å². The molecule has 0 aromatic rings. The maximum Gasteiger partial charge on any atom is 0.501 e. The van der Waals surface area contributed by atoms with Gasteiger partial charge in [0.2, 0.25) is 0 Å². The molecular formula is C12H27NO4Si. The zero-order chi connectivity index (χ0) is 13.6. The van der Waals surface area contributed by atoms with Crippen LogP contribution in [-0.4, -0.2) is 66.9 Å². The van der Waals surface area contributed by atoms with E-state index in [1.54, 1.807) is 7.11 Å². The van der Waals surface area contributed by atoms with E-state index in [9.17, 15) is 0 Å². The van der Waals surface area contributed by atoms with Crippen LogP contribution in [0.3, 0.4) is 0 Å². The molecule has 0 aromatic heterocycles. The van der Waals surface area contributed by atoms with E-state index in [2.05, 4.69) is 19.0 Å². The molecule has 108 valence electrons. The van der Waals surface area contributed by atoms with Crippen molar-refractivity contribution in [3.63, 3.8) is 0 Å². The van der Waals surface area contributed by atoms with Crippen molar-refractivity contribution in [3.05, 3.63) is 0 Å². The zero-order valence-electron chi connectivity index (χ0n) is 12.3. The molecule has 0 bridgehead atoms. The molecule has 2 atom stereocenters. The van der Waals surface area contributed by atoms with Crippen LogP contribution in [0.5, 0.6) is 0 Å². The standard InChI is InChI=1S/C12H27NO4Si/c1-11-9-15-10-12(2)17-18(14-5,16-11)8-6-7-13(3)4/h11-12H,6-10H2,1-5H3. The van der Waals surface area contributed by atoms with Crippen molar-refractivity contribution in [2.45, 2.75) is 38.5 Å². The van der Waals surface area contributed by atoms with Gasteiger partial charge in [-0.05, 0) is 40.9 Å². The topological polar surface area (TPSA) is 40.2 Å². The SMILES string of the molecule is CO[Si]1(CCCN(C)C)OC(C)COCC(C)O1. The molecule has 1 aliphatic heterocycles. The summed E-state index contributed by atoms with van der Waals surface area (Å²) in [7, 11) is 3.30. The van der Waals surface area contributed by atoms with Crippen LogP contribution in [0.2, 0.25) is 6.04 Å². The average molecular weight is 277 g/mol. The monoisotopic (exact) mass is 277 g/mol. The minimum absolute atomic E-state index is 0.0310. The summed E-state index contributed by atoms with van der Waals surface area (Å²) in [5.41, 5.74) is 0. The van der Waals surface area contributed by atoms with Crippen molar-refractivity contribution < 1.29 is 18.0 Å². The lowest BCUT2D eigenvalue weighted by Crippen LogP contribution is -2.52. The van der Waals surface area contributed by atoms with Crippen molar-refractivity contribution in [3.8, 4) is 0 Å². The highest BCUT2D eigenvalue weighted by molar-refractivity contribution is 6.60. The summed E-state index contributed by atoms with van der Waals surface area (Å²) in [6.45, 7) is 6.25. The largest absolute Gasteiger partial charge is 0.501 e. The first kappa shape index (κ1) is 16.1. The van der Waals surface area contributed by atoms with Crippen molar-refractivity contribution in [1.82, 2.24) is 4.90 Å². The number of nitrogens with zero attached hydrogens (tertiary/aromatic N) is 1. The Morgan fingerprint density at radius 1 is 1.17 bits per heavy atom. The van der Waals surface area contributed by atoms with E-state index in [0.29, 0.717) is 13.2 Å². The van der Waals surface area contributed by atoms with Crippen LogP contribution >= 0.6 is 0 Å². The Balaban J connectivity index is 2.60. The van der Waals surface area contributed by atoms with E-state index in [1.807, 2.05) is 13.8 Å². The summed E-state index contributed by atoms with van der Waals surface area (Å²) in [5.74, 6) is 0. The van der Waals surface area contributed by atoms with Gasteiger partial charge in [0.05, 0.1) is 25.4 Å². The van der Waals surface area contributed by atoms with Gasteiger partial charge in [-0.15, -0.1) is 0 Å². The highest BCUT2D eigenvalue weighted by Gasteiger charge is 2.43. The summed E-state index contributed by atoms with van der Waals surface area (Å²) in [6, 6.07) is 0.858. The lowest BCUT2D eigenvalue weighted by molar-refractivity contribution is -0.0677. The maximum atomic E-state index is 6.03. The Morgan fingerprint density at radius 3 is 2.17 bits per heavy atom. The van der Waals surface area contributed by atoms with E-state index >= 15 is 0 Å². The molecule has 6 heteroatoms. The van der Waals surface area contributed by atoms with Gasteiger partial charge in [-0.25, -0.2) is 0 Å². The Bertz CT molecular complexity index is 228. The average Bonchev–Trinajstić information content (AvgIpc) is 2.26. The van der Waals surface area contributed by atoms with Gasteiger partial charge in [-0.3, -0.25) is 0 Å². The second-order valence-electron chi connectivity index (χ2n) is 5.19. The van der Waals surface area contributed by atoms with Crippen molar-refractivity contribution in [2.75, 3.05) is 41.0 Å². The Morgan fingerprint density at radius 2 is 1.72 bits per heavy atom. The normalized spacial score (nSPS) is 34.3. The molecule has 2 unspecified atom stereocenters. The highest BCUT2D eigenvalue weighted by atomic mass is 28.4. The van der Waals surface area contributed by atoms with Gasteiger partial charge in [0.15, 0.2) is 0 Å². The molecular weight excluding hydrogens is 250 g/mol. The minimum atomic E-state index is -2.54. The third kappa shape index (κ3) is 5.34. The molecule has 0 amide bonds. The van der Waals surface area contributed by atoms with E-state index < -0.39 is 8.80 Å². The van der Waals surface area contributed by atoms with Gasteiger partial charge in [0.1, 0.15) is 0 Å². The molecule has 0 aliphatic carbocycles. The molecule has 0 saturated carbocycles. The van der Waals surface area contributed by atoms with Gasteiger partial charge in [0, 0.05) is 13.2 Å². The molecule has 0 aromatic carbocycles. The van der Waals surface area contributed by atoms with Crippen LogP contribution in [0.25, 0.3) is 0 Å². The molecule has 0 radical (unpaired) electrons. The quantitative estimate of drug-likeness (QED) is 0.710. The first-order valence-electron chi connectivity index (χ1n) is 6.60. The van der Waals surface area contributed by atoms with Gasteiger partial charge >= 0.3 is 8.80 Å². The summed E-state index contributed by atoms with van der Waals surface area (Å²) >= 11 is 0. The van der Waals surface area contributed by atoms with Gasteiger partial charge < -0.3 is 22.9 Å². The first-order valence-corrected chi connectivity index (χ1v) is 8.54. The highest BCUT2D eigenvalue weighted by Crippen LogP contribution is 2.23. The van der Waals surface area contributed by atoms with Crippen LogP contribution in [0.15, 0.2) is 0 Å². The molecule has 1 saturated heterocycles. The number of rotatable bonds is 5. The van der Waals surface area contributed by atoms with Crippen LogP contribution in [0.1, 0.15) is 20.3 Å². The van der Waals surface area contributed by atoms with Gasteiger partial charge in [-0.1, -0.05) is 0 Å². The lowest BCUT2D eigenvalue weighted by atomic mass is 10.4. The fraction of sp³-hybridized carbons (Fsp3) is 1.00. The predicted octanol–water partition coefficient (Wildman–Crippen LogP) is 1.36. The zero-order valence-corrected chi connectivity index (χ0v) is 13.3. The van der Waals surface area contributed by atoms with Crippen LogP contribution in [-0.2, 0) is 18.0 Å². The summed E-state index contributed by atoms with van der Waals surface area (Å²) in [5, 5.41) is 0. The second kappa shape index (κ2) is 7.57. The number of hydrogen-bond donors (Lipinski definition) is 0. The molecule has 1 heterocycles. The summed E-state index contributed by atoms with van der Waals surface area (Å²) < 4.78 is 23.2. The lowest BCUT2D eigenvalue weighted by Gasteiger charge is -2.35. The Hall–Kier alpha value is 0.0169. The Kier molecular flexibility index (Phi) is 6.76. The summed E-state index contributed by atoms with van der Waals surface area (Å²) in [6.07, 6.45) is 1.08. The number of ether oxygens (including phenoxy) is 1. The predicted molar refractivity (Wildman–Crippen MR) is 72.7 cm³/mol. The molecule has 0 spiro atoms. The smallest absolute Gasteiger partial charge is 0.377 e. The van der Waals surface area contributed by atoms with Crippen LogP contribution < -0.4 is 0 Å². The van der Waals surface area contributed by atoms with Crippen molar-refractivity contribution >= 4 is 8.80 Å². The third-order valence-corrected chi connectivity index (χ3v) is 5.98. The minimum Gasteiger partial charge on any atom is -0.377 e. The van der Waals surface area contributed by atoms with Gasteiger partial charge in [0.25, 0.3) is 0 Å². The molecule has 1 rings (SSSR count). The van der Waals surface area contributed by atoms with Crippen LogP contribution in [0.4, 0.5) is 0 Å². The van der Waals surface area contributed by atoms with Crippen molar-refractivity contribution in [1.29, 1.82) is 0 Å². The Labute approximate surface area is 112 Å². The summed E-state index contributed by atoms with van der Waals surface area (Å²) in [4.78, 5) is 2.16.